The number of hydrogen-bond donors (Lipinski definition) is 0. The smallest absolute Gasteiger partial charge is 0.173 e. The Morgan fingerprint density at radius 3 is 2.17 bits per heavy atom. The average Bonchev–Trinajstić information content (AvgIpc) is 2.48. The maximum Gasteiger partial charge on any atom is 0.173 e. The maximum atomic E-state index is 14.0. The van der Waals surface area contributed by atoms with E-state index in [0.29, 0.717) is 0 Å². The van der Waals surface area contributed by atoms with E-state index in [2.05, 4.69) is 0 Å². The molecular weight excluding hydrogens is 245 g/mol. The number of hydrogen-bond acceptors (Lipinski definition) is 2. The lowest BCUT2D eigenvalue weighted by Crippen LogP contribution is -2.19. The Balaban J connectivity index is 2.85. The van der Waals surface area contributed by atoms with Crippen LogP contribution in [-0.4, -0.2) is 11.6 Å². The van der Waals surface area contributed by atoms with Crippen LogP contribution in [0.5, 0.6) is 0 Å². The van der Waals surface area contributed by atoms with Crippen LogP contribution in [0.2, 0.25) is 0 Å². The molecule has 0 fully saturated rings. The van der Waals surface area contributed by atoms with Crippen molar-refractivity contribution in [3.63, 3.8) is 0 Å². The topological polar surface area (TPSA) is 34.1 Å². The van der Waals surface area contributed by atoms with Gasteiger partial charge in [-0.05, 0) is 13.3 Å². The molecule has 0 radical (unpaired) electrons. The summed E-state index contributed by atoms with van der Waals surface area (Å²) in [4.78, 5) is 23.0. The first-order chi connectivity index (χ1) is 8.18. The minimum atomic E-state index is -1.58. The lowest BCUT2D eigenvalue weighted by molar-refractivity contribution is 0.0858. The predicted octanol–water partition coefficient (Wildman–Crippen LogP) is 3.07. The largest absolute Gasteiger partial charge is 0.294 e. The fourth-order valence-electron chi connectivity index (χ4n) is 2.28. The second-order valence-corrected chi connectivity index (χ2v) is 5.12. The first-order valence-corrected chi connectivity index (χ1v) is 5.43. The molecule has 5 heteroatoms. The molecule has 0 heterocycles. The van der Waals surface area contributed by atoms with Crippen LogP contribution in [-0.2, 0) is 6.42 Å². The molecule has 0 saturated heterocycles. The maximum absolute atomic E-state index is 14.0. The zero-order valence-corrected chi connectivity index (χ0v) is 10.2. The minimum absolute atomic E-state index is 0.0372. The van der Waals surface area contributed by atoms with E-state index in [1.54, 1.807) is 0 Å². The molecule has 2 nitrogen and oxygen atoms in total. The van der Waals surface area contributed by atoms with Crippen molar-refractivity contribution < 1.29 is 22.8 Å². The molecule has 0 N–H and O–H groups in total. The Labute approximate surface area is 102 Å². The zero-order chi connectivity index (χ0) is 13.8. The van der Waals surface area contributed by atoms with Crippen LogP contribution >= 0.6 is 0 Å². The molecule has 0 spiro atoms. The number of carbonyl (C=O) groups is 2. The van der Waals surface area contributed by atoms with E-state index in [0.717, 1.165) is 6.92 Å². The summed E-state index contributed by atoms with van der Waals surface area (Å²) in [5.74, 6) is -5.65. The van der Waals surface area contributed by atoms with Crippen molar-refractivity contribution in [2.24, 2.45) is 5.41 Å². The molecule has 1 aromatic rings. The van der Waals surface area contributed by atoms with Crippen molar-refractivity contribution >= 4 is 11.6 Å². The van der Waals surface area contributed by atoms with Crippen LogP contribution < -0.4 is 0 Å². The molecule has 0 aromatic heterocycles. The van der Waals surface area contributed by atoms with Crippen LogP contribution in [0, 0.1) is 22.9 Å². The number of fused-ring (bicyclic) bond motifs is 1. The molecule has 0 unspecified atom stereocenters. The molecule has 18 heavy (non-hydrogen) atoms. The Kier molecular flexibility index (Phi) is 2.61. The van der Waals surface area contributed by atoms with Gasteiger partial charge in [-0.1, -0.05) is 13.8 Å². The third kappa shape index (κ3) is 1.50. The van der Waals surface area contributed by atoms with Gasteiger partial charge in [0, 0.05) is 11.0 Å². The van der Waals surface area contributed by atoms with E-state index in [-0.39, 0.29) is 12.0 Å². The van der Waals surface area contributed by atoms with Crippen molar-refractivity contribution in [3.05, 3.63) is 34.1 Å². The van der Waals surface area contributed by atoms with Gasteiger partial charge in [-0.15, -0.1) is 0 Å². The van der Waals surface area contributed by atoms with Gasteiger partial charge in [-0.2, -0.15) is 0 Å². The SMILES string of the molecule is CC(=O)c1c(F)c(F)c2c(c1F)CC(C)(C)C2=O. The van der Waals surface area contributed by atoms with Crippen LogP contribution in [0.3, 0.4) is 0 Å². The Bertz CT molecular complexity index is 589. The first-order valence-electron chi connectivity index (χ1n) is 5.43. The zero-order valence-electron chi connectivity index (χ0n) is 10.2. The van der Waals surface area contributed by atoms with E-state index < -0.39 is 45.6 Å². The summed E-state index contributed by atoms with van der Waals surface area (Å²) in [5.41, 5.74) is -2.64. The summed E-state index contributed by atoms with van der Waals surface area (Å²) in [6, 6.07) is 0. The monoisotopic (exact) mass is 256 g/mol. The van der Waals surface area contributed by atoms with E-state index >= 15 is 0 Å². The second-order valence-electron chi connectivity index (χ2n) is 5.12. The highest BCUT2D eigenvalue weighted by molar-refractivity contribution is 6.06. The highest BCUT2D eigenvalue weighted by Crippen LogP contribution is 2.40. The third-order valence-electron chi connectivity index (χ3n) is 3.23. The Morgan fingerprint density at radius 1 is 1.11 bits per heavy atom. The molecule has 96 valence electrons. The fraction of sp³-hybridized carbons (Fsp3) is 0.385. The molecule has 1 aromatic carbocycles. The summed E-state index contributed by atoms with van der Waals surface area (Å²) in [5, 5.41) is 0. The van der Waals surface area contributed by atoms with Gasteiger partial charge in [-0.3, -0.25) is 9.59 Å². The van der Waals surface area contributed by atoms with Gasteiger partial charge in [0.1, 0.15) is 5.82 Å². The van der Waals surface area contributed by atoms with Gasteiger partial charge in [0.25, 0.3) is 0 Å². The lowest BCUT2D eigenvalue weighted by atomic mass is 9.89. The van der Waals surface area contributed by atoms with Gasteiger partial charge in [0.15, 0.2) is 23.2 Å². The van der Waals surface area contributed by atoms with E-state index in [1.807, 2.05) is 0 Å². The Morgan fingerprint density at radius 2 is 1.67 bits per heavy atom. The van der Waals surface area contributed by atoms with Gasteiger partial charge >= 0.3 is 0 Å². The van der Waals surface area contributed by atoms with Gasteiger partial charge in [0.05, 0.1) is 11.1 Å². The summed E-state index contributed by atoms with van der Waals surface area (Å²) < 4.78 is 41.4. The van der Waals surface area contributed by atoms with Gasteiger partial charge in [-0.25, -0.2) is 13.2 Å². The van der Waals surface area contributed by atoms with Gasteiger partial charge in [0.2, 0.25) is 0 Å². The summed E-state index contributed by atoms with van der Waals surface area (Å²) in [7, 11) is 0. The van der Waals surface area contributed by atoms with Crippen LogP contribution in [0.25, 0.3) is 0 Å². The predicted molar refractivity (Wildman–Crippen MR) is 58.1 cm³/mol. The van der Waals surface area contributed by atoms with Crippen molar-refractivity contribution in [2.75, 3.05) is 0 Å². The van der Waals surface area contributed by atoms with E-state index in [4.69, 9.17) is 0 Å². The van der Waals surface area contributed by atoms with E-state index in [9.17, 15) is 22.8 Å². The highest BCUT2D eigenvalue weighted by atomic mass is 19.2. The van der Waals surface area contributed by atoms with Crippen molar-refractivity contribution in [3.8, 4) is 0 Å². The molecule has 1 aliphatic carbocycles. The molecule has 0 amide bonds. The average molecular weight is 256 g/mol. The van der Waals surface area contributed by atoms with Crippen LogP contribution in [0.1, 0.15) is 47.1 Å². The molecule has 0 bridgehead atoms. The quantitative estimate of drug-likeness (QED) is 0.571. The lowest BCUT2D eigenvalue weighted by Gasteiger charge is -2.13. The van der Waals surface area contributed by atoms with Crippen molar-refractivity contribution in [1.29, 1.82) is 0 Å². The number of ketones is 2. The normalized spacial score (nSPS) is 16.9. The number of benzene rings is 1. The molecule has 2 rings (SSSR count). The molecule has 0 atom stereocenters. The Hall–Kier alpha value is -1.65. The van der Waals surface area contributed by atoms with Gasteiger partial charge < -0.3 is 0 Å². The minimum Gasteiger partial charge on any atom is -0.294 e. The third-order valence-corrected chi connectivity index (χ3v) is 3.23. The number of carbonyl (C=O) groups excluding carboxylic acids is 2. The van der Waals surface area contributed by atoms with Crippen molar-refractivity contribution in [1.82, 2.24) is 0 Å². The molecule has 0 aliphatic heterocycles. The highest BCUT2D eigenvalue weighted by Gasteiger charge is 2.44. The van der Waals surface area contributed by atoms with Crippen LogP contribution in [0.4, 0.5) is 13.2 Å². The molecular formula is C13H11F3O2. The van der Waals surface area contributed by atoms with Crippen LogP contribution in [0.15, 0.2) is 0 Å². The molecule has 0 saturated carbocycles. The number of halogens is 3. The number of rotatable bonds is 1. The fourth-order valence-corrected chi connectivity index (χ4v) is 2.28. The summed E-state index contributed by atoms with van der Waals surface area (Å²) in [6.07, 6.45) is -0.0372. The standard InChI is InChI=1S/C13H11F3O2/c1-5(17)7-9(14)6-4-13(2,3)12(18)8(6)11(16)10(7)15/h4H2,1-3H3. The summed E-state index contributed by atoms with van der Waals surface area (Å²) in [6.45, 7) is 4.01. The molecule has 1 aliphatic rings. The number of Topliss-reactive ketones (excluding diaryl/α,β-unsaturated/α-hetero) is 2. The summed E-state index contributed by atoms with van der Waals surface area (Å²) >= 11 is 0. The van der Waals surface area contributed by atoms with Crippen molar-refractivity contribution in [2.45, 2.75) is 27.2 Å². The second kappa shape index (κ2) is 3.67. The van der Waals surface area contributed by atoms with E-state index in [1.165, 1.54) is 13.8 Å². The first kappa shape index (κ1) is 12.8.